The minimum Gasteiger partial charge on any atom is -0.322 e. The Morgan fingerprint density at radius 3 is 2.30 bits per heavy atom. The molecule has 27 heavy (non-hydrogen) atoms. The van der Waals surface area contributed by atoms with Gasteiger partial charge in [0, 0.05) is 51.2 Å². The molecule has 0 unspecified atom stereocenters. The number of hydrogen-bond acceptors (Lipinski definition) is 4. The first-order chi connectivity index (χ1) is 12.7. The monoisotopic (exact) mass is 434 g/mol. The molecule has 10 heteroatoms. The number of likely N-dealkylation sites (N-methyl/N-ethyl adjacent to an activating group) is 1. The van der Waals surface area contributed by atoms with Gasteiger partial charge in [-0.3, -0.25) is 0 Å². The zero-order valence-electron chi connectivity index (χ0n) is 15.4. The van der Waals surface area contributed by atoms with Gasteiger partial charge in [0.05, 0.1) is 16.3 Å². The smallest absolute Gasteiger partial charge is 0.320 e. The van der Waals surface area contributed by atoms with Gasteiger partial charge in [-0.15, -0.1) is 0 Å². The van der Waals surface area contributed by atoms with E-state index in [9.17, 15) is 13.2 Å². The van der Waals surface area contributed by atoms with Crippen molar-refractivity contribution in [1.29, 1.82) is 0 Å². The van der Waals surface area contributed by atoms with Crippen LogP contribution < -0.4 is 5.32 Å². The third-order valence-electron chi connectivity index (χ3n) is 5.31. The second kappa shape index (κ2) is 8.13. The molecule has 0 saturated carbocycles. The van der Waals surface area contributed by atoms with Crippen molar-refractivity contribution in [2.75, 3.05) is 52.6 Å². The summed E-state index contributed by atoms with van der Waals surface area (Å²) in [6.07, 6.45) is 1.20. The SMILES string of the molecule is CN[C@@H]1CN(C(=O)N2CCN(S(C)(=O)=O)CC2)C[C@H]1c1ccc(Cl)c(Cl)c1. The Morgan fingerprint density at radius 2 is 1.74 bits per heavy atom. The Kier molecular flexibility index (Phi) is 6.22. The highest BCUT2D eigenvalue weighted by Crippen LogP contribution is 2.32. The molecule has 2 atom stereocenters. The molecule has 150 valence electrons. The summed E-state index contributed by atoms with van der Waals surface area (Å²) in [6, 6.07) is 5.65. The van der Waals surface area contributed by atoms with E-state index in [1.54, 1.807) is 11.0 Å². The summed E-state index contributed by atoms with van der Waals surface area (Å²) in [6.45, 7) is 2.66. The van der Waals surface area contributed by atoms with Gasteiger partial charge in [-0.1, -0.05) is 29.3 Å². The van der Waals surface area contributed by atoms with Crippen molar-refractivity contribution in [1.82, 2.24) is 19.4 Å². The Labute approximate surface area is 170 Å². The number of rotatable bonds is 3. The fourth-order valence-electron chi connectivity index (χ4n) is 3.74. The van der Waals surface area contributed by atoms with E-state index in [1.807, 2.05) is 24.1 Å². The molecule has 3 rings (SSSR count). The maximum Gasteiger partial charge on any atom is 0.320 e. The predicted molar refractivity (Wildman–Crippen MR) is 107 cm³/mol. The largest absolute Gasteiger partial charge is 0.322 e. The topological polar surface area (TPSA) is 73.0 Å². The summed E-state index contributed by atoms with van der Waals surface area (Å²) in [5.41, 5.74) is 1.04. The molecule has 2 fully saturated rings. The normalized spacial score (nSPS) is 24.4. The molecular weight excluding hydrogens is 411 g/mol. The molecule has 2 heterocycles. The Balaban J connectivity index is 1.67. The molecule has 0 bridgehead atoms. The number of sulfonamides is 1. The zero-order chi connectivity index (χ0) is 19.8. The van der Waals surface area contributed by atoms with Gasteiger partial charge in [0.25, 0.3) is 0 Å². The second-order valence-electron chi connectivity index (χ2n) is 7.01. The highest BCUT2D eigenvalue weighted by Gasteiger charge is 2.38. The molecule has 2 aliphatic rings. The molecule has 1 aromatic carbocycles. The van der Waals surface area contributed by atoms with Crippen LogP contribution in [0.15, 0.2) is 18.2 Å². The van der Waals surface area contributed by atoms with E-state index in [0.717, 1.165) is 5.56 Å². The standard InChI is InChI=1S/C17H24Cl2N4O3S/c1-20-16-11-22(10-13(16)12-3-4-14(18)15(19)9-12)17(24)21-5-7-23(8-6-21)27(2,25)26/h3-4,9,13,16,20H,5-8,10-11H2,1-2H3/t13-,16+/m0/s1. The van der Waals surface area contributed by atoms with Crippen molar-refractivity contribution in [3.8, 4) is 0 Å². The van der Waals surface area contributed by atoms with Crippen LogP contribution in [0.4, 0.5) is 4.79 Å². The highest BCUT2D eigenvalue weighted by atomic mass is 35.5. The maximum atomic E-state index is 12.9. The lowest BCUT2D eigenvalue weighted by Crippen LogP contribution is -2.53. The predicted octanol–water partition coefficient (Wildman–Crippen LogP) is 1.68. The average Bonchev–Trinajstić information content (AvgIpc) is 3.07. The van der Waals surface area contributed by atoms with Crippen LogP contribution >= 0.6 is 23.2 Å². The minimum atomic E-state index is -3.21. The first-order valence-corrected chi connectivity index (χ1v) is 11.4. The number of nitrogens with zero attached hydrogens (tertiary/aromatic N) is 3. The molecule has 2 saturated heterocycles. The average molecular weight is 435 g/mol. The zero-order valence-corrected chi connectivity index (χ0v) is 17.7. The van der Waals surface area contributed by atoms with E-state index in [1.165, 1.54) is 10.6 Å². The first-order valence-electron chi connectivity index (χ1n) is 8.82. The van der Waals surface area contributed by atoms with Gasteiger partial charge < -0.3 is 15.1 Å². The lowest BCUT2D eigenvalue weighted by Gasteiger charge is -2.35. The maximum absolute atomic E-state index is 12.9. The summed E-state index contributed by atoms with van der Waals surface area (Å²) in [5.74, 6) is 0.117. The molecule has 0 aromatic heterocycles. The number of likely N-dealkylation sites (tertiary alicyclic amines) is 1. The molecule has 0 radical (unpaired) electrons. The molecule has 2 aliphatic heterocycles. The molecule has 1 N–H and O–H groups in total. The third kappa shape index (κ3) is 4.51. The van der Waals surface area contributed by atoms with Crippen molar-refractivity contribution in [3.05, 3.63) is 33.8 Å². The van der Waals surface area contributed by atoms with Crippen molar-refractivity contribution in [2.45, 2.75) is 12.0 Å². The Bertz CT molecular complexity index is 812. The number of nitrogens with one attached hydrogen (secondary N) is 1. The fourth-order valence-corrected chi connectivity index (χ4v) is 4.88. The summed E-state index contributed by atoms with van der Waals surface area (Å²) in [7, 11) is -1.33. The van der Waals surface area contributed by atoms with Gasteiger partial charge >= 0.3 is 6.03 Å². The number of piperazine rings is 1. The first kappa shape index (κ1) is 20.7. The van der Waals surface area contributed by atoms with Crippen LogP contribution in [0, 0.1) is 0 Å². The number of amides is 2. The van der Waals surface area contributed by atoms with Gasteiger partial charge in [-0.2, -0.15) is 4.31 Å². The van der Waals surface area contributed by atoms with E-state index >= 15 is 0 Å². The van der Waals surface area contributed by atoms with E-state index in [-0.39, 0.29) is 18.0 Å². The van der Waals surface area contributed by atoms with Gasteiger partial charge in [0.2, 0.25) is 10.0 Å². The number of carbonyl (C=O) groups excluding carboxylic acids is 1. The molecule has 0 aliphatic carbocycles. The highest BCUT2D eigenvalue weighted by molar-refractivity contribution is 7.88. The van der Waals surface area contributed by atoms with Gasteiger partial charge in [-0.25, -0.2) is 13.2 Å². The van der Waals surface area contributed by atoms with Gasteiger partial charge in [0.1, 0.15) is 0 Å². The van der Waals surface area contributed by atoms with E-state index in [2.05, 4.69) is 5.32 Å². The third-order valence-corrected chi connectivity index (χ3v) is 7.35. The van der Waals surface area contributed by atoms with Crippen molar-refractivity contribution in [2.24, 2.45) is 0 Å². The molecular formula is C17H24Cl2N4O3S. The van der Waals surface area contributed by atoms with Crippen LogP contribution in [-0.4, -0.2) is 87.2 Å². The van der Waals surface area contributed by atoms with Crippen LogP contribution in [0.3, 0.4) is 0 Å². The molecule has 2 amide bonds. The van der Waals surface area contributed by atoms with Crippen LogP contribution in [0.2, 0.25) is 10.0 Å². The lowest BCUT2D eigenvalue weighted by molar-refractivity contribution is 0.141. The number of halogens is 2. The van der Waals surface area contributed by atoms with Crippen LogP contribution in [0.5, 0.6) is 0 Å². The summed E-state index contributed by atoms with van der Waals surface area (Å²) in [4.78, 5) is 16.5. The van der Waals surface area contributed by atoms with Crippen molar-refractivity contribution < 1.29 is 13.2 Å². The van der Waals surface area contributed by atoms with Crippen LogP contribution in [-0.2, 0) is 10.0 Å². The number of benzene rings is 1. The van der Waals surface area contributed by atoms with Crippen LogP contribution in [0.25, 0.3) is 0 Å². The Hall–Kier alpha value is -1.06. The number of carbonyl (C=O) groups is 1. The van der Waals surface area contributed by atoms with Gasteiger partial charge in [0.15, 0.2) is 0 Å². The summed E-state index contributed by atoms with van der Waals surface area (Å²) < 4.78 is 24.7. The quantitative estimate of drug-likeness (QED) is 0.784. The molecule has 0 spiro atoms. The minimum absolute atomic E-state index is 0.0500. The Morgan fingerprint density at radius 1 is 1.07 bits per heavy atom. The van der Waals surface area contributed by atoms with E-state index in [0.29, 0.717) is 49.3 Å². The van der Waals surface area contributed by atoms with Crippen molar-refractivity contribution >= 4 is 39.3 Å². The molecule has 1 aromatic rings. The van der Waals surface area contributed by atoms with E-state index in [4.69, 9.17) is 23.2 Å². The van der Waals surface area contributed by atoms with Crippen LogP contribution in [0.1, 0.15) is 11.5 Å². The summed E-state index contributed by atoms with van der Waals surface area (Å²) >= 11 is 12.2. The van der Waals surface area contributed by atoms with E-state index < -0.39 is 10.0 Å². The summed E-state index contributed by atoms with van der Waals surface area (Å²) in [5, 5.41) is 4.30. The lowest BCUT2D eigenvalue weighted by atomic mass is 9.94. The van der Waals surface area contributed by atoms with Crippen molar-refractivity contribution in [3.63, 3.8) is 0 Å². The van der Waals surface area contributed by atoms with Gasteiger partial charge in [-0.05, 0) is 24.7 Å². The number of urea groups is 1. The molecule has 7 nitrogen and oxygen atoms in total. The number of hydrogen-bond donors (Lipinski definition) is 1. The fraction of sp³-hybridized carbons (Fsp3) is 0.588. The second-order valence-corrected chi connectivity index (χ2v) is 9.81.